The van der Waals surface area contributed by atoms with Gasteiger partial charge in [0.2, 0.25) is 0 Å². The van der Waals surface area contributed by atoms with Crippen LogP contribution in [0, 0.1) is 20.8 Å². The van der Waals surface area contributed by atoms with Gasteiger partial charge in [-0.1, -0.05) is 29.3 Å². The molecule has 1 fully saturated rings. The van der Waals surface area contributed by atoms with E-state index >= 15 is 0 Å². The smallest absolute Gasteiger partial charge is 0.181 e. The van der Waals surface area contributed by atoms with Gasteiger partial charge in [0.25, 0.3) is 0 Å². The Hall–Kier alpha value is -3.35. The predicted molar refractivity (Wildman–Crippen MR) is 139 cm³/mol. The predicted octanol–water partition coefficient (Wildman–Crippen LogP) is 5.10. The van der Waals surface area contributed by atoms with E-state index in [0.29, 0.717) is 18.6 Å². The van der Waals surface area contributed by atoms with Crippen molar-refractivity contribution in [1.29, 1.82) is 0 Å². The number of carbonyl (C=O) groups excluding carboxylic acids is 1. The Morgan fingerprint density at radius 1 is 1.03 bits per heavy atom. The van der Waals surface area contributed by atoms with Crippen LogP contribution < -0.4 is 0 Å². The minimum absolute atomic E-state index is 0.110. The Morgan fingerprint density at radius 3 is 2.51 bits per heavy atom. The van der Waals surface area contributed by atoms with Gasteiger partial charge in [-0.25, -0.2) is 4.98 Å². The number of hydrogen-bond donors (Lipinski definition) is 2. The molecule has 0 spiro atoms. The van der Waals surface area contributed by atoms with Crippen molar-refractivity contribution in [2.45, 2.75) is 46.1 Å². The van der Waals surface area contributed by atoms with Gasteiger partial charge in [0.05, 0.1) is 11.4 Å². The highest BCUT2D eigenvalue weighted by atomic mass is 16.3. The maximum absolute atomic E-state index is 13.0. The van der Waals surface area contributed by atoms with Crippen molar-refractivity contribution >= 4 is 16.8 Å². The number of H-pyrrole nitrogens is 1. The molecule has 5 rings (SSSR count). The fraction of sp³-hybridized carbons (Fsp3) is 0.345. The Kier molecular flexibility index (Phi) is 6.50. The van der Waals surface area contributed by atoms with E-state index in [1.165, 1.54) is 12.8 Å². The maximum atomic E-state index is 13.0. The van der Waals surface area contributed by atoms with Gasteiger partial charge in [0.1, 0.15) is 6.10 Å². The van der Waals surface area contributed by atoms with Gasteiger partial charge in [0, 0.05) is 29.5 Å². The Labute approximate surface area is 206 Å². The molecule has 35 heavy (non-hydrogen) atoms. The second kappa shape index (κ2) is 9.72. The van der Waals surface area contributed by atoms with E-state index < -0.39 is 6.10 Å². The van der Waals surface area contributed by atoms with Crippen molar-refractivity contribution < 1.29 is 9.90 Å². The van der Waals surface area contributed by atoms with Crippen LogP contribution in [-0.2, 0) is 6.42 Å². The zero-order valence-corrected chi connectivity index (χ0v) is 20.6. The lowest BCUT2D eigenvalue weighted by atomic mass is 9.96. The number of β-amino-alcohol motifs (C(OH)–C–C–N with tert-alkyl or cyclic N) is 1. The zero-order chi connectivity index (χ0) is 24.5. The first-order valence-electron chi connectivity index (χ1n) is 12.3. The summed E-state index contributed by atoms with van der Waals surface area (Å²) in [5.74, 6) is 0.110. The molecule has 6 nitrogen and oxygen atoms in total. The fourth-order valence-corrected chi connectivity index (χ4v) is 5.10. The molecule has 1 unspecified atom stereocenters. The van der Waals surface area contributed by atoms with Crippen LogP contribution >= 0.6 is 0 Å². The van der Waals surface area contributed by atoms with E-state index in [9.17, 15) is 9.90 Å². The summed E-state index contributed by atoms with van der Waals surface area (Å²) in [5.41, 5.74) is 8.09. The molecule has 1 saturated heterocycles. The molecule has 2 aromatic heterocycles. The van der Waals surface area contributed by atoms with E-state index in [1.807, 2.05) is 57.2 Å². The number of rotatable bonds is 7. The Bertz CT molecular complexity index is 1360. The van der Waals surface area contributed by atoms with E-state index in [1.54, 1.807) is 0 Å². The summed E-state index contributed by atoms with van der Waals surface area (Å²) in [6, 6.07) is 16.0. The molecule has 0 saturated carbocycles. The van der Waals surface area contributed by atoms with E-state index in [-0.39, 0.29) is 5.78 Å². The molecule has 2 aromatic carbocycles. The van der Waals surface area contributed by atoms with E-state index in [0.717, 1.165) is 63.2 Å². The summed E-state index contributed by atoms with van der Waals surface area (Å²) < 4.78 is 0. The minimum atomic E-state index is -0.618. The van der Waals surface area contributed by atoms with Gasteiger partial charge in [-0.05, 0) is 88.2 Å². The van der Waals surface area contributed by atoms with Gasteiger partial charge in [0.15, 0.2) is 11.4 Å². The summed E-state index contributed by atoms with van der Waals surface area (Å²) in [6.07, 6.45) is 2.10. The summed E-state index contributed by atoms with van der Waals surface area (Å²) >= 11 is 0. The molecule has 4 aromatic rings. The van der Waals surface area contributed by atoms with Crippen molar-refractivity contribution in [3.63, 3.8) is 0 Å². The summed E-state index contributed by atoms with van der Waals surface area (Å²) in [6.45, 7) is 8.75. The lowest BCUT2D eigenvalue weighted by Gasteiger charge is -2.18. The van der Waals surface area contributed by atoms with Crippen LogP contribution in [0.2, 0.25) is 0 Å². The Morgan fingerprint density at radius 2 is 1.77 bits per heavy atom. The highest BCUT2D eigenvalue weighted by Crippen LogP contribution is 2.28. The van der Waals surface area contributed by atoms with Crippen LogP contribution in [0.4, 0.5) is 0 Å². The number of Topliss-reactive ketones (excluding diaryl/α,β-unsaturated/α-hetero) is 1. The largest absolute Gasteiger partial charge is 0.385 e. The monoisotopic (exact) mass is 468 g/mol. The number of aromatic amines is 1. The zero-order valence-electron chi connectivity index (χ0n) is 20.6. The maximum Gasteiger partial charge on any atom is 0.181 e. The molecule has 1 aliphatic heterocycles. The first-order valence-corrected chi connectivity index (χ1v) is 12.3. The third-order valence-corrected chi connectivity index (χ3v) is 6.90. The van der Waals surface area contributed by atoms with Crippen LogP contribution in [0.3, 0.4) is 0 Å². The minimum Gasteiger partial charge on any atom is -0.385 e. The number of aryl methyl sites for hydroxylation is 3. The number of ketones is 1. The number of pyridine rings is 1. The summed E-state index contributed by atoms with van der Waals surface area (Å²) in [7, 11) is 0. The van der Waals surface area contributed by atoms with Crippen LogP contribution in [-0.4, -0.2) is 50.6 Å². The number of aliphatic hydroxyl groups excluding tert-OH is 1. The third kappa shape index (κ3) is 5.04. The van der Waals surface area contributed by atoms with Crippen LogP contribution in [0.15, 0.2) is 48.5 Å². The summed E-state index contributed by atoms with van der Waals surface area (Å²) in [4.78, 5) is 20.0. The number of aromatic nitrogens is 3. The highest BCUT2D eigenvalue weighted by Gasteiger charge is 2.21. The molecule has 3 heterocycles. The van der Waals surface area contributed by atoms with Gasteiger partial charge in [-0.2, -0.15) is 5.10 Å². The summed E-state index contributed by atoms with van der Waals surface area (Å²) in [5, 5.41) is 19.0. The second-order valence-corrected chi connectivity index (χ2v) is 9.85. The van der Waals surface area contributed by atoms with Gasteiger partial charge in [-0.15, -0.1) is 0 Å². The molecular formula is C29H32N4O2. The third-order valence-electron chi connectivity index (χ3n) is 6.90. The number of likely N-dealkylation sites (tertiary alicyclic amines) is 1. The topological polar surface area (TPSA) is 82.1 Å². The quantitative estimate of drug-likeness (QED) is 0.369. The standard InChI is InChI=1S/C29H32N4O2/c1-18-12-19(2)14-22(13-18)26(34)16-21-7-6-20(3)24(15-21)25-9-8-23-28(31-32-29(23)30-25)27(35)17-33-10-4-5-11-33/h6-9,12-15,27,35H,4-5,10-11,16-17H2,1-3H3,(H,30,31,32). The lowest BCUT2D eigenvalue weighted by Crippen LogP contribution is -2.25. The average molecular weight is 469 g/mol. The molecule has 180 valence electrons. The average Bonchev–Trinajstić information content (AvgIpc) is 3.49. The number of hydrogen-bond acceptors (Lipinski definition) is 5. The number of nitrogens with one attached hydrogen (secondary N) is 1. The van der Waals surface area contributed by atoms with Gasteiger partial charge in [-0.3, -0.25) is 9.89 Å². The Balaban J connectivity index is 1.39. The molecule has 1 atom stereocenters. The fourth-order valence-electron chi connectivity index (χ4n) is 5.10. The van der Waals surface area contributed by atoms with Crippen LogP contribution in [0.5, 0.6) is 0 Å². The van der Waals surface area contributed by atoms with Crippen LogP contribution in [0.25, 0.3) is 22.3 Å². The SMILES string of the molecule is Cc1cc(C)cc(C(=O)Cc2ccc(C)c(-c3ccc4c(C(O)CN5CCCC5)[nH]nc4n3)c2)c1. The van der Waals surface area contributed by atoms with Gasteiger partial charge >= 0.3 is 0 Å². The number of aliphatic hydroxyl groups is 1. The molecule has 0 aliphatic carbocycles. The normalized spacial score (nSPS) is 15.1. The first kappa shape index (κ1) is 23.4. The van der Waals surface area contributed by atoms with E-state index in [2.05, 4.69) is 27.2 Å². The molecule has 1 aliphatic rings. The van der Waals surface area contributed by atoms with Crippen molar-refractivity contribution in [2.24, 2.45) is 0 Å². The molecule has 6 heteroatoms. The number of benzene rings is 2. The van der Waals surface area contributed by atoms with Crippen molar-refractivity contribution in [3.8, 4) is 11.3 Å². The number of carbonyl (C=O) groups is 1. The van der Waals surface area contributed by atoms with Crippen molar-refractivity contribution in [2.75, 3.05) is 19.6 Å². The second-order valence-electron chi connectivity index (χ2n) is 9.85. The molecule has 0 bridgehead atoms. The van der Waals surface area contributed by atoms with Crippen LogP contribution in [0.1, 0.15) is 57.3 Å². The number of fused-ring (bicyclic) bond motifs is 1. The highest BCUT2D eigenvalue weighted by molar-refractivity contribution is 5.98. The first-order chi connectivity index (χ1) is 16.9. The molecule has 0 amide bonds. The van der Waals surface area contributed by atoms with Crippen molar-refractivity contribution in [1.82, 2.24) is 20.1 Å². The molecule has 0 radical (unpaired) electrons. The number of nitrogens with zero attached hydrogens (tertiary/aromatic N) is 3. The molecular weight excluding hydrogens is 436 g/mol. The lowest BCUT2D eigenvalue weighted by molar-refractivity contribution is 0.0992. The van der Waals surface area contributed by atoms with Crippen molar-refractivity contribution in [3.05, 3.63) is 82.0 Å². The van der Waals surface area contributed by atoms with E-state index in [4.69, 9.17) is 4.98 Å². The molecule has 2 N–H and O–H groups in total. The van der Waals surface area contributed by atoms with Gasteiger partial charge < -0.3 is 10.0 Å².